The highest BCUT2D eigenvalue weighted by Crippen LogP contribution is 2.19. The molecular weight excluding hydrogens is 306 g/mol. The number of primary amides is 1. The molecule has 0 aromatic heterocycles. The molecule has 0 unspecified atom stereocenters. The lowest BCUT2D eigenvalue weighted by Crippen LogP contribution is -2.34. The van der Waals surface area contributed by atoms with Crippen LogP contribution in [0.5, 0.6) is 0 Å². The van der Waals surface area contributed by atoms with Gasteiger partial charge in [0, 0.05) is 18.7 Å². The highest BCUT2D eigenvalue weighted by Gasteiger charge is 2.23. The van der Waals surface area contributed by atoms with Crippen molar-refractivity contribution in [1.82, 2.24) is 9.62 Å². The summed E-state index contributed by atoms with van der Waals surface area (Å²) in [5.74, 6) is -1.20. The van der Waals surface area contributed by atoms with E-state index in [1.54, 1.807) is 26.8 Å². The van der Waals surface area contributed by atoms with Gasteiger partial charge in [-0.3, -0.25) is 9.59 Å². The fourth-order valence-electron chi connectivity index (χ4n) is 1.98. The number of rotatable bonds is 7. The van der Waals surface area contributed by atoms with Gasteiger partial charge < -0.3 is 11.1 Å². The number of hydrogen-bond acceptors (Lipinski definition) is 4. The molecule has 8 heteroatoms. The van der Waals surface area contributed by atoms with Crippen LogP contribution in [0.3, 0.4) is 0 Å². The van der Waals surface area contributed by atoms with Crippen molar-refractivity contribution in [3.63, 3.8) is 0 Å². The summed E-state index contributed by atoms with van der Waals surface area (Å²) in [6, 6.07) is 4.35. The molecule has 0 spiro atoms. The summed E-state index contributed by atoms with van der Waals surface area (Å²) in [5, 5.41) is 2.35. The molecule has 0 aliphatic carbocycles. The van der Waals surface area contributed by atoms with Gasteiger partial charge in [-0.2, -0.15) is 4.31 Å². The van der Waals surface area contributed by atoms with Crippen molar-refractivity contribution >= 4 is 21.8 Å². The number of benzene rings is 1. The van der Waals surface area contributed by atoms with Crippen molar-refractivity contribution in [2.75, 3.05) is 19.6 Å². The summed E-state index contributed by atoms with van der Waals surface area (Å²) in [4.78, 5) is 22.8. The van der Waals surface area contributed by atoms with Crippen LogP contribution in [0, 0.1) is 6.92 Å². The molecule has 0 bridgehead atoms. The molecule has 22 heavy (non-hydrogen) atoms. The molecule has 1 rings (SSSR count). The van der Waals surface area contributed by atoms with Crippen LogP contribution in [0.2, 0.25) is 0 Å². The summed E-state index contributed by atoms with van der Waals surface area (Å²) < 4.78 is 26.2. The highest BCUT2D eigenvalue weighted by atomic mass is 32.2. The molecule has 0 radical (unpaired) electrons. The van der Waals surface area contributed by atoms with Crippen molar-refractivity contribution in [1.29, 1.82) is 0 Å². The van der Waals surface area contributed by atoms with Gasteiger partial charge in [0.2, 0.25) is 15.9 Å². The second-order valence-corrected chi connectivity index (χ2v) is 6.65. The van der Waals surface area contributed by atoms with Crippen LogP contribution in [0.1, 0.15) is 29.8 Å². The first-order valence-electron chi connectivity index (χ1n) is 6.91. The van der Waals surface area contributed by atoms with E-state index >= 15 is 0 Å². The quantitative estimate of drug-likeness (QED) is 0.747. The zero-order valence-electron chi connectivity index (χ0n) is 12.9. The topological polar surface area (TPSA) is 110 Å². The lowest BCUT2D eigenvalue weighted by molar-refractivity contribution is -0.117. The fourth-order valence-corrected chi connectivity index (χ4v) is 3.47. The Morgan fingerprint density at radius 3 is 2.32 bits per heavy atom. The Labute approximate surface area is 130 Å². The summed E-state index contributed by atoms with van der Waals surface area (Å²) in [6.07, 6.45) is 0. The molecule has 7 nitrogen and oxygen atoms in total. The number of nitrogens with one attached hydrogen (secondary N) is 1. The van der Waals surface area contributed by atoms with E-state index in [4.69, 9.17) is 5.73 Å². The molecule has 1 aromatic carbocycles. The summed E-state index contributed by atoms with van der Waals surface area (Å²) in [6.45, 7) is 5.57. The second-order valence-electron chi connectivity index (χ2n) is 4.72. The van der Waals surface area contributed by atoms with E-state index in [1.165, 1.54) is 16.4 Å². The fraction of sp³-hybridized carbons (Fsp3) is 0.429. The van der Waals surface area contributed by atoms with Gasteiger partial charge in [-0.1, -0.05) is 19.9 Å². The minimum Gasteiger partial charge on any atom is -0.368 e. The summed E-state index contributed by atoms with van der Waals surface area (Å²) >= 11 is 0. The van der Waals surface area contributed by atoms with Gasteiger partial charge in [0.05, 0.1) is 11.4 Å². The van der Waals surface area contributed by atoms with Crippen molar-refractivity contribution in [2.24, 2.45) is 5.73 Å². The zero-order chi connectivity index (χ0) is 16.9. The Kier molecular flexibility index (Phi) is 6.07. The van der Waals surface area contributed by atoms with Gasteiger partial charge in [0.25, 0.3) is 5.91 Å². The van der Waals surface area contributed by atoms with Gasteiger partial charge in [0.15, 0.2) is 0 Å². The number of nitrogens with zero attached hydrogens (tertiary/aromatic N) is 1. The maximum Gasteiger partial charge on any atom is 0.252 e. The van der Waals surface area contributed by atoms with Crippen molar-refractivity contribution < 1.29 is 18.0 Å². The van der Waals surface area contributed by atoms with E-state index in [0.717, 1.165) is 0 Å². The largest absolute Gasteiger partial charge is 0.368 e. The number of carbonyl (C=O) groups excluding carboxylic acids is 2. The SMILES string of the molecule is CCN(CC)S(=O)(=O)c1ccc(C)c(C(=O)NCC(N)=O)c1. The molecular formula is C14H21N3O4S. The molecule has 0 heterocycles. The van der Waals surface area contributed by atoms with E-state index in [0.29, 0.717) is 18.7 Å². The van der Waals surface area contributed by atoms with Crippen molar-refractivity contribution in [2.45, 2.75) is 25.7 Å². The number of hydrogen-bond donors (Lipinski definition) is 2. The monoisotopic (exact) mass is 327 g/mol. The maximum atomic E-state index is 12.5. The normalized spacial score (nSPS) is 11.5. The smallest absolute Gasteiger partial charge is 0.252 e. The Bertz CT molecular complexity index is 667. The summed E-state index contributed by atoms with van der Waals surface area (Å²) in [7, 11) is -3.64. The van der Waals surface area contributed by atoms with Crippen LogP contribution in [0.4, 0.5) is 0 Å². The van der Waals surface area contributed by atoms with Crippen LogP contribution in [-0.4, -0.2) is 44.2 Å². The molecule has 1 aromatic rings. The molecule has 0 fully saturated rings. The summed E-state index contributed by atoms with van der Waals surface area (Å²) in [5.41, 5.74) is 5.79. The Morgan fingerprint density at radius 1 is 1.23 bits per heavy atom. The zero-order valence-corrected chi connectivity index (χ0v) is 13.7. The molecule has 0 aliphatic rings. The standard InChI is InChI=1S/C14H21N3O4S/c1-4-17(5-2)22(20,21)11-7-6-10(3)12(8-11)14(19)16-9-13(15)18/h6-8H,4-5,9H2,1-3H3,(H2,15,18)(H,16,19). The van der Waals surface area contributed by atoms with Crippen LogP contribution in [0.25, 0.3) is 0 Å². The maximum absolute atomic E-state index is 12.5. The van der Waals surface area contributed by atoms with E-state index in [9.17, 15) is 18.0 Å². The Hall–Kier alpha value is -1.93. The van der Waals surface area contributed by atoms with Crippen LogP contribution >= 0.6 is 0 Å². The number of nitrogens with two attached hydrogens (primary N) is 1. The van der Waals surface area contributed by atoms with E-state index in [-0.39, 0.29) is 17.0 Å². The van der Waals surface area contributed by atoms with E-state index in [2.05, 4.69) is 5.32 Å². The lowest BCUT2D eigenvalue weighted by Gasteiger charge is -2.19. The molecule has 0 aliphatic heterocycles. The molecule has 0 atom stereocenters. The van der Waals surface area contributed by atoms with Crippen molar-refractivity contribution in [3.05, 3.63) is 29.3 Å². The average molecular weight is 327 g/mol. The molecule has 2 amide bonds. The molecule has 0 saturated heterocycles. The predicted octanol–water partition coefficient (Wildman–Crippen LogP) is 0.241. The van der Waals surface area contributed by atoms with E-state index < -0.39 is 21.8 Å². The van der Waals surface area contributed by atoms with Crippen molar-refractivity contribution in [3.8, 4) is 0 Å². The third kappa shape index (κ3) is 4.05. The van der Waals surface area contributed by atoms with Gasteiger partial charge in [0.1, 0.15) is 0 Å². The van der Waals surface area contributed by atoms with Gasteiger partial charge >= 0.3 is 0 Å². The molecule has 3 N–H and O–H groups in total. The highest BCUT2D eigenvalue weighted by molar-refractivity contribution is 7.89. The first-order chi connectivity index (χ1) is 10.2. The third-order valence-electron chi connectivity index (χ3n) is 3.22. The average Bonchev–Trinajstić information content (AvgIpc) is 2.45. The number of sulfonamides is 1. The molecule has 0 saturated carbocycles. The number of amides is 2. The minimum atomic E-state index is -3.64. The Morgan fingerprint density at radius 2 is 1.82 bits per heavy atom. The van der Waals surface area contributed by atoms with E-state index in [1.807, 2.05) is 0 Å². The minimum absolute atomic E-state index is 0.0472. The first-order valence-corrected chi connectivity index (χ1v) is 8.35. The predicted molar refractivity (Wildman–Crippen MR) is 82.8 cm³/mol. The second kappa shape index (κ2) is 7.37. The number of carbonyl (C=O) groups is 2. The first kappa shape index (κ1) is 18.1. The third-order valence-corrected chi connectivity index (χ3v) is 5.27. The lowest BCUT2D eigenvalue weighted by atomic mass is 10.1. The van der Waals surface area contributed by atoms with Gasteiger partial charge in [-0.05, 0) is 24.6 Å². The van der Waals surface area contributed by atoms with Gasteiger partial charge in [-0.25, -0.2) is 8.42 Å². The Balaban J connectivity index is 3.19. The van der Waals surface area contributed by atoms with Gasteiger partial charge in [-0.15, -0.1) is 0 Å². The van der Waals surface area contributed by atoms with Crippen LogP contribution < -0.4 is 11.1 Å². The number of aryl methyl sites for hydroxylation is 1. The van der Waals surface area contributed by atoms with Crippen LogP contribution in [-0.2, 0) is 14.8 Å². The van der Waals surface area contributed by atoms with Crippen LogP contribution in [0.15, 0.2) is 23.1 Å². The molecule has 122 valence electrons.